The molecular formula is C9H22N2. The van der Waals surface area contributed by atoms with E-state index in [1.54, 1.807) is 0 Å². The number of hydrogen-bond donors (Lipinski definition) is 2. The van der Waals surface area contributed by atoms with Crippen LogP contribution in [-0.2, 0) is 0 Å². The molecule has 11 heavy (non-hydrogen) atoms. The lowest BCUT2D eigenvalue weighted by Crippen LogP contribution is -2.30. The third-order valence-electron chi connectivity index (χ3n) is 1.91. The summed E-state index contributed by atoms with van der Waals surface area (Å²) in [5, 5.41) is 3.44. The molecule has 2 heteroatoms. The van der Waals surface area contributed by atoms with Crippen LogP contribution in [0.3, 0.4) is 0 Å². The molecule has 0 saturated heterocycles. The minimum atomic E-state index is 0.657. The highest BCUT2D eigenvalue weighted by atomic mass is 14.9. The van der Waals surface area contributed by atoms with Crippen molar-refractivity contribution >= 4 is 0 Å². The lowest BCUT2D eigenvalue weighted by Gasteiger charge is -2.15. The Hall–Kier alpha value is -0.0800. The van der Waals surface area contributed by atoms with E-state index in [2.05, 4.69) is 19.2 Å². The maximum Gasteiger partial charge on any atom is 0.00789 e. The molecule has 0 spiro atoms. The summed E-state index contributed by atoms with van der Waals surface area (Å²) in [5.74, 6) is 0. The molecule has 0 amide bonds. The van der Waals surface area contributed by atoms with Crippen LogP contribution in [0.15, 0.2) is 0 Å². The quantitative estimate of drug-likeness (QED) is 0.589. The summed E-state index contributed by atoms with van der Waals surface area (Å²) >= 11 is 0. The van der Waals surface area contributed by atoms with Gasteiger partial charge >= 0.3 is 0 Å². The van der Waals surface area contributed by atoms with Crippen molar-refractivity contribution in [3.8, 4) is 0 Å². The Kier molecular flexibility index (Phi) is 7.96. The van der Waals surface area contributed by atoms with E-state index >= 15 is 0 Å². The molecule has 0 fully saturated rings. The average Bonchev–Trinajstić information content (AvgIpc) is 2.01. The highest BCUT2D eigenvalue weighted by molar-refractivity contribution is 4.65. The van der Waals surface area contributed by atoms with E-state index in [4.69, 9.17) is 5.73 Å². The predicted molar refractivity (Wildman–Crippen MR) is 50.7 cm³/mol. The van der Waals surface area contributed by atoms with Crippen molar-refractivity contribution in [2.45, 2.75) is 45.6 Å². The van der Waals surface area contributed by atoms with Crippen molar-refractivity contribution in [3.63, 3.8) is 0 Å². The second kappa shape index (κ2) is 8.02. The monoisotopic (exact) mass is 158 g/mol. The second-order valence-electron chi connectivity index (χ2n) is 2.97. The van der Waals surface area contributed by atoms with Gasteiger partial charge in [0, 0.05) is 6.04 Å². The van der Waals surface area contributed by atoms with Crippen LogP contribution in [0.25, 0.3) is 0 Å². The topological polar surface area (TPSA) is 38.0 Å². The third-order valence-corrected chi connectivity index (χ3v) is 1.91. The molecule has 0 aromatic rings. The molecule has 2 nitrogen and oxygen atoms in total. The Labute approximate surface area is 70.5 Å². The highest BCUT2D eigenvalue weighted by Gasteiger charge is 2.03. The molecule has 3 N–H and O–H groups in total. The maximum atomic E-state index is 5.49. The van der Waals surface area contributed by atoms with Gasteiger partial charge in [-0.15, -0.1) is 0 Å². The lowest BCUT2D eigenvalue weighted by atomic mass is 10.1. The Morgan fingerprint density at radius 1 is 1.27 bits per heavy atom. The summed E-state index contributed by atoms with van der Waals surface area (Å²) in [6.07, 6.45) is 5.00. The fraction of sp³-hybridized carbons (Fsp3) is 1.00. The molecule has 0 aromatic heterocycles. The Morgan fingerprint density at radius 2 is 2.00 bits per heavy atom. The van der Waals surface area contributed by atoms with Gasteiger partial charge in [0.05, 0.1) is 0 Å². The summed E-state index contributed by atoms with van der Waals surface area (Å²) in [4.78, 5) is 0. The van der Waals surface area contributed by atoms with Gasteiger partial charge in [0.25, 0.3) is 0 Å². The third kappa shape index (κ3) is 6.32. The van der Waals surface area contributed by atoms with Gasteiger partial charge in [0.1, 0.15) is 0 Å². The molecule has 0 heterocycles. The van der Waals surface area contributed by atoms with Crippen molar-refractivity contribution in [2.24, 2.45) is 5.73 Å². The van der Waals surface area contributed by atoms with E-state index in [0.717, 1.165) is 19.5 Å². The van der Waals surface area contributed by atoms with E-state index in [1.807, 2.05) is 0 Å². The van der Waals surface area contributed by atoms with Crippen LogP contribution in [-0.4, -0.2) is 19.1 Å². The van der Waals surface area contributed by atoms with Crippen LogP contribution in [0, 0.1) is 0 Å². The zero-order valence-corrected chi connectivity index (χ0v) is 7.90. The van der Waals surface area contributed by atoms with Gasteiger partial charge in [-0.05, 0) is 25.9 Å². The summed E-state index contributed by atoms with van der Waals surface area (Å²) in [6, 6.07) is 0.657. The van der Waals surface area contributed by atoms with Crippen molar-refractivity contribution in [3.05, 3.63) is 0 Å². The number of nitrogens with two attached hydrogens (primary N) is 1. The van der Waals surface area contributed by atoms with E-state index < -0.39 is 0 Å². The highest BCUT2D eigenvalue weighted by Crippen LogP contribution is 2.02. The predicted octanol–water partition coefficient (Wildman–Crippen LogP) is 1.50. The molecule has 0 unspecified atom stereocenters. The first-order chi connectivity index (χ1) is 5.35. The fourth-order valence-electron chi connectivity index (χ4n) is 1.29. The van der Waals surface area contributed by atoms with Gasteiger partial charge in [0.2, 0.25) is 0 Å². The SMILES string of the molecule is CCCC[C@H](CCN)NCC. The lowest BCUT2D eigenvalue weighted by molar-refractivity contribution is 0.454. The fourth-order valence-corrected chi connectivity index (χ4v) is 1.29. The Morgan fingerprint density at radius 3 is 2.45 bits per heavy atom. The van der Waals surface area contributed by atoms with Gasteiger partial charge in [-0.1, -0.05) is 26.7 Å². The zero-order chi connectivity index (χ0) is 8.53. The van der Waals surface area contributed by atoms with Crippen molar-refractivity contribution < 1.29 is 0 Å². The van der Waals surface area contributed by atoms with Crippen LogP contribution >= 0.6 is 0 Å². The smallest absolute Gasteiger partial charge is 0.00789 e. The van der Waals surface area contributed by atoms with Crippen molar-refractivity contribution in [2.75, 3.05) is 13.1 Å². The van der Waals surface area contributed by atoms with Gasteiger partial charge in [0.15, 0.2) is 0 Å². The van der Waals surface area contributed by atoms with Crippen molar-refractivity contribution in [1.82, 2.24) is 5.32 Å². The molecule has 0 aromatic carbocycles. The van der Waals surface area contributed by atoms with Crippen LogP contribution in [0.2, 0.25) is 0 Å². The zero-order valence-electron chi connectivity index (χ0n) is 7.90. The van der Waals surface area contributed by atoms with Crippen LogP contribution in [0.5, 0.6) is 0 Å². The van der Waals surface area contributed by atoms with Crippen LogP contribution in [0.1, 0.15) is 39.5 Å². The van der Waals surface area contributed by atoms with E-state index in [1.165, 1.54) is 19.3 Å². The first kappa shape index (κ1) is 10.9. The minimum Gasteiger partial charge on any atom is -0.330 e. The average molecular weight is 158 g/mol. The molecule has 0 radical (unpaired) electrons. The van der Waals surface area contributed by atoms with Gasteiger partial charge in [-0.2, -0.15) is 0 Å². The molecule has 0 aliphatic heterocycles. The molecule has 0 aliphatic rings. The molecule has 68 valence electrons. The minimum absolute atomic E-state index is 0.657. The van der Waals surface area contributed by atoms with E-state index in [-0.39, 0.29) is 0 Å². The standard InChI is InChI=1S/C9H22N2/c1-3-5-6-9(7-8-10)11-4-2/h9,11H,3-8,10H2,1-2H3/t9-/m1/s1. The molecule has 0 bridgehead atoms. The molecule has 0 rings (SSSR count). The van der Waals surface area contributed by atoms with Gasteiger partial charge < -0.3 is 11.1 Å². The Bertz CT molecular complexity index is 68.0. The normalized spacial score (nSPS) is 13.4. The van der Waals surface area contributed by atoms with Crippen molar-refractivity contribution in [1.29, 1.82) is 0 Å². The number of rotatable bonds is 7. The summed E-state index contributed by atoms with van der Waals surface area (Å²) in [6.45, 7) is 6.25. The van der Waals surface area contributed by atoms with Gasteiger partial charge in [-0.25, -0.2) is 0 Å². The van der Waals surface area contributed by atoms with Crippen LogP contribution in [0.4, 0.5) is 0 Å². The number of unbranched alkanes of at least 4 members (excludes halogenated alkanes) is 1. The molecular weight excluding hydrogens is 136 g/mol. The summed E-state index contributed by atoms with van der Waals surface area (Å²) < 4.78 is 0. The number of nitrogens with one attached hydrogen (secondary N) is 1. The first-order valence-corrected chi connectivity index (χ1v) is 4.78. The van der Waals surface area contributed by atoms with Gasteiger partial charge in [-0.3, -0.25) is 0 Å². The number of hydrogen-bond acceptors (Lipinski definition) is 2. The van der Waals surface area contributed by atoms with E-state index in [9.17, 15) is 0 Å². The molecule has 1 atom stereocenters. The molecule has 0 saturated carbocycles. The second-order valence-corrected chi connectivity index (χ2v) is 2.97. The largest absolute Gasteiger partial charge is 0.330 e. The van der Waals surface area contributed by atoms with E-state index in [0.29, 0.717) is 6.04 Å². The Balaban J connectivity index is 3.34. The summed E-state index contributed by atoms with van der Waals surface area (Å²) in [5.41, 5.74) is 5.49. The summed E-state index contributed by atoms with van der Waals surface area (Å²) in [7, 11) is 0. The molecule has 0 aliphatic carbocycles. The first-order valence-electron chi connectivity index (χ1n) is 4.78. The maximum absolute atomic E-state index is 5.49. The van der Waals surface area contributed by atoms with Crippen LogP contribution < -0.4 is 11.1 Å².